The Bertz CT molecular complexity index is 645. The van der Waals surface area contributed by atoms with E-state index in [1.54, 1.807) is 6.07 Å². The number of nitrogen functional groups attached to an aromatic ring is 1. The number of hydrogen-bond acceptors (Lipinski definition) is 5. The van der Waals surface area contributed by atoms with Crippen LogP contribution in [0.1, 0.15) is 38.1 Å². The van der Waals surface area contributed by atoms with E-state index >= 15 is 0 Å². The summed E-state index contributed by atoms with van der Waals surface area (Å²) < 4.78 is 0. The summed E-state index contributed by atoms with van der Waals surface area (Å²) in [6.07, 6.45) is 0. The predicted octanol–water partition coefficient (Wildman–Crippen LogP) is 0.957. The van der Waals surface area contributed by atoms with E-state index in [4.69, 9.17) is 5.73 Å². The molecule has 7 nitrogen and oxygen atoms in total. The zero-order valence-corrected chi connectivity index (χ0v) is 16.1. The monoisotopic (exact) mass is 361 g/mol. The van der Waals surface area contributed by atoms with Gasteiger partial charge in [0.1, 0.15) is 0 Å². The van der Waals surface area contributed by atoms with Crippen LogP contribution in [0.5, 0.6) is 0 Å². The molecule has 2 rings (SSSR count). The molecule has 1 aromatic rings. The van der Waals surface area contributed by atoms with Crippen molar-refractivity contribution in [2.45, 2.75) is 39.8 Å². The third-order valence-electron chi connectivity index (χ3n) is 4.52. The molecule has 0 radical (unpaired) electrons. The maximum absolute atomic E-state index is 12.5. The summed E-state index contributed by atoms with van der Waals surface area (Å²) in [7, 11) is 0. The van der Waals surface area contributed by atoms with Crippen LogP contribution in [-0.4, -0.2) is 50.1 Å². The average Bonchev–Trinajstić information content (AvgIpc) is 2.59. The van der Waals surface area contributed by atoms with Crippen LogP contribution in [0.2, 0.25) is 0 Å². The Kier molecular flexibility index (Phi) is 6.85. The van der Waals surface area contributed by atoms with Gasteiger partial charge in [0, 0.05) is 43.1 Å². The van der Waals surface area contributed by atoms with Crippen LogP contribution in [0.4, 0.5) is 11.4 Å². The molecule has 0 unspecified atom stereocenters. The van der Waals surface area contributed by atoms with Crippen LogP contribution in [0, 0.1) is 5.92 Å². The highest BCUT2D eigenvalue weighted by molar-refractivity contribution is 6.01. The van der Waals surface area contributed by atoms with Crippen LogP contribution in [0.25, 0.3) is 0 Å². The van der Waals surface area contributed by atoms with E-state index in [-0.39, 0.29) is 24.4 Å². The Morgan fingerprint density at radius 2 is 2.04 bits per heavy atom. The van der Waals surface area contributed by atoms with Gasteiger partial charge in [-0.3, -0.25) is 9.59 Å². The number of hydrogen-bond donors (Lipinski definition) is 4. The van der Waals surface area contributed by atoms with E-state index in [0.29, 0.717) is 23.2 Å². The SMILES string of the molecule is CC(C)NC(=O)CNC(=O)c1cc(N2CCN[C@@H](C(C)C)C2)ccc1N. The fraction of sp³-hybridized carbons (Fsp3) is 0.579. The third-order valence-corrected chi connectivity index (χ3v) is 4.52. The Labute approximate surface area is 155 Å². The van der Waals surface area contributed by atoms with Crippen molar-refractivity contribution in [3.05, 3.63) is 23.8 Å². The molecule has 1 fully saturated rings. The summed E-state index contributed by atoms with van der Waals surface area (Å²) in [4.78, 5) is 26.4. The minimum Gasteiger partial charge on any atom is -0.398 e. The van der Waals surface area contributed by atoms with Gasteiger partial charge in [0.2, 0.25) is 5.91 Å². The second kappa shape index (κ2) is 8.89. The summed E-state index contributed by atoms with van der Waals surface area (Å²) in [5.74, 6) is -0.0161. The zero-order chi connectivity index (χ0) is 19.3. The highest BCUT2D eigenvalue weighted by Crippen LogP contribution is 2.23. The smallest absolute Gasteiger partial charge is 0.253 e. The number of rotatable bonds is 6. The molecule has 1 heterocycles. The number of nitrogens with one attached hydrogen (secondary N) is 3. The molecule has 1 saturated heterocycles. The van der Waals surface area contributed by atoms with Crippen LogP contribution < -0.4 is 26.6 Å². The first-order valence-corrected chi connectivity index (χ1v) is 9.23. The topological polar surface area (TPSA) is 99.5 Å². The molecule has 1 atom stereocenters. The number of amides is 2. The summed E-state index contributed by atoms with van der Waals surface area (Å²) >= 11 is 0. The summed E-state index contributed by atoms with van der Waals surface area (Å²) in [5, 5.41) is 8.91. The van der Waals surface area contributed by atoms with Gasteiger partial charge < -0.3 is 26.6 Å². The van der Waals surface area contributed by atoms with Crippen molar-refractivity contribution in [1.29, 1.82) is 0 Å². The Hall–Kier alpha value is -2.28. The number of nitrogens with two attached hydrogens (primary N) is 1. The van der Waals surface area contributed by atoms with Crippen molar-refractivity contribution in [3.63, 3.8) is 0 Å². The fourth-order valence-corrected chi connectivity index (χ4v) is 3.03. The fourth-order valence-electron chi connectivity index (χ4n) is 3.03. The molecule has 7 heteroatoms. The van der Waals surface area contributed by atoms with Gasteiger partial charge in [-0.25, -0.2) is 0 Å². The number of carbonyl (C=O) groups excluding carboxylic acids is 2. The quantitative estimate of drug-likeness (QED) is 0.566. The van der Waals surface area contributed by atoms with Gasteiger partial charge >= 0.3 is 0 Å². The third kappa shape index (κ3) is 5.36. The summed E-state index contributed by atoms with van der Waals surface area (Å²) in [6.45, 7) is 10.8. The molecule has 0 saturated carbocycles. The number of carbonyl (C=O) groups is 2. The van der Waals surface area contributed by atoms with Crippen LogP contribution in [0.15, 0.2) is 18.2 Å². The van der Waals surface area contributed by atoms with Gasteiger partial charge in [-0.15, -0.1) is 0 Å². The maximum atomic E-state index is 12.5. The van der Waals surface area contributed by atoms with Crippen LogP contribution in [-0.2, 0) is 4.79 Å². The van der Waals surface area contributed by atoms with E-state index in [1.165, 1.54) is 0 Å². The van der Waals surface area contributed by atoms with E-state index in [9.17, 15) is 9.59 Å². The molecule has 26 heavy (non-hydrogen) atoms. The van der Waals surface area contributed by atoms with Crippen molar-refractivity contribution in [2.75, 3.05) is 36.8 Å². The number of benzene rings is 1. The van der Waals surface area contributed by atoms with Gasteiger partial charge in [0.05, 0.1) is 12.1 Å². The van der Waals surface area contributed by atoms with Gasteiger partial charge in [-0.05, 0) is 38.0 Å². The molecule has 0 bridgehead atoms. The molecule has 144 valence electrons. The van der Waals surface area contributed by atoms with Crippen molar-refractivity contribution in [1.82, 2.24) is 16.0 Å². The lowest BCUT2D eigenvalue weighted by molar-refractivity contribution is -0.120. The molecule has 0 aliphatic carbocycles. The van der Waals surface area contributed by atoms with Crippen molar-refractivity contribution in [3.8, 4) is 0 Å². The van der Waals surface area contributed by atoms with Gasteiger partial charge in [-0.2, -0.15) is 0 Å². The average molecular weight is 361 g/mol. The first-order valence-electron chi connectivity index (χ1n) is 9.23. The van der Waals surface area contributed by atoms with Crippen LogP contribution in [0.3, 0.4) is 0 Å². The Morgan fingerprint density at radius 1 is 1.31 bits per heavy atom. The molecule has 0 spiro atoms. The lowest BCUT2D eigenvalue weighted by Crippen LogP contribution is -2.53. The standard InChI is InChI=1S/C19H31N5O2/c1-12(2)17-11-24(8-7-21-17)14-5-6-16(20)15(9-14)19(26)22-10-18(25)23-13(3)4/h5-6,9,12-13,17,21H,7-8,10-11,20H2,1-4H3,(H,22,26)(H,23,25)/t17-/m1/s1. The maximum Gasteiger partial charge on any atom is 0.253 e. The molecule has 5 N–H and O–H groups in total. The largest absolute Gasteiger partial charge is 0.398 e. The van der Waals surface area contributed by atoms with Gasteiger partial charge in [0.25, 0.3) is 5.91 Å². The van der Waals surface area contributed by atoms with Crippen molar-refractivity contribution >= 4 is 23.2 Å². The first kappa shape index (κ1) is 20.0. The predicted molar refractivity (Wildman–Crippen MR) is 105 cm³/mol. The molecular weight excluding hydrogens is 330 g/mol. The molecule has 1 aromatic carbocycles. The zero-order valence-electron chi connectivity index (χ0n) is 16.1. The van der Waals surface area contributed by atoms with Crippen molar-refractivity contribution in [2.24, 2.45) is 5.92 Å². The minimum atomic E-state index is -0.334. The Morgan fingerprint density at radius 3 is 2.69 bits per heavy atom. The second-order valence-electron chi connectivity index (χ2n) is 7.43. The van der Waals surface area contributed by atoms with Gasteiger partial charge in [-0.1, -0.05) is 13.8 Å². The number of piperazine rings is 1. The molecule has 0 aromatic heterocycles. The highest BCUT2D eigenvalue weighted by Gasteiger charge is 2.23. The Balaban J connectivity index is 2.06. The second-order valence-corrected chi connectivity index (χ2v) is 7.43. The molecule has 1 aliphatic rings. The van der Waals surface area contributed by atoms with Crippen LogP contribution >= 0.6 is 0 Å². The first-order chi connectivity index (χ1) is 12.3. The molecular formula is C19H31N5O2. The summed E-state index contributed by atoms with van der Waals surface area (Å²) in [5.41, 5.74) is 7.78. The normalized spacial score (nSPS) is 17.5. The highest BCUT2D eigenvalue weighted by atomic mass is 16.2. The van der Waals surface area contributed by atoms with E-state index in [2.05, 4.69) is 34.7 Å². The number of nitrogens with zero attached hydrogens (tertiary/aromatic N) is 1. The lowest BCUT2D eigenvalue weighted by atomic mass is 10.0. The van der Waals surface area contributed by atoms with E-state index < -0.39 is 0 Å². The van der Waals surface area contributed by atoms with Gasteiger partial charge in [0.15, 0.2) is 0 Å². The molecule has 1 aliphatic heterocycles. The minimum absolute atomic E-state index is 0.0365. The summed E-state index contributed by atoms with van der Waals surface area (Å²) in [6, 6.07) is 5.96. The van der Waals surface area contributed by atoms with E-state index in [0.717, 1.165) is 25.3 Å². The lowest BCUT2D eigenvalue weighted by Gasteiger charge is -2.37. The molecule has 2 amide bonds. The van der Waals surface area contributed by atoms with Crippen molar-refractivity contribution < 1.29 is 9.59 Å². The van der Waals surface area contributed by atoms with E-state index in [1.807, 2.05) is 26.0 Å². The number of anilines is 2.